The number of amides is 1. The van der Waals surface area contributed by atoms with Gasteiger partial charge in [0.1, 0.15) is 12.4 Å². The van der Waals surface area contributed by atoms with Crippen LogP contribution in [0, 0.1) is 0 Å². The van der Waals surface area contributed by atoms with Crippen molar-refractivity contribution in [2.45, 2.75) is 13.0 Å². The maximum atomic E-state index is 12.4. The molecule has 0 bridgehead atoms. The molecule has 1 atom stereocenters. The third-order valence-electron chi connectivity index (χ3n) is 3.64. The molecule has 1 aromatic carbocycles. The third kappa shape index (κ3) is 5.12. The van der Waals surface area contributed by atoms with Gasteiger partial charge in [0.15, 0.2) is 17.3 Å². The fourth-order valence-electron chi connectivity index (χ4n) is 2.19. The molecule has 0 saturated carbocycles. The van der Waals surface area contributed by atoms with Crippen LogP contribution in [0.4, 0.5) is 11.5 Å². The zero-order valence-corrected chi connectivity index (χ0v) is 14.9. The number of carbonyl (C=O) groups is 2. The molecule has 1 heterocycles. The number of allylic oxidation sites excluding steroid dienone is 2. The first kappa shape index (κ1) is 19.6. The highest BCUT2D eigenvalue weighted by Crippen LogP contribution is 2.23. The number of ether oxygens (including phenoxy) is 1. The van der Waals surface area contributed by atoms with Gasteiger partial charge in [0.25, 0.3) is 5.91 Å². The van der Waals surface area contributed by atoms with Gasteiger partial charge in [0, 0.05) is 17.3 Å². The first-order chi connectivity index (χ1) is 13.0. The van der Waals surface area contributed by atoms with Gasteiger partial charge in [0.05, 0.1) is 0 Å². The van der Waals surface area contributed by atoms with Gasteiger partial charge in [-0.15, -0.1) is 10.2 Å². The number of hydrogen-bond acceptors (Lipinski definition) is 6. The first-order valence-electron chi connectivity index (χ1n) is 8.10. The van der Waals surface area contributed by atoms with E-state index in [1.54, 1.807) is 42.5 Å². The Morgan fingerprint density at radius 2 is 1.96 bits per heavy atom. The molecule has 0 spiro atoms. The number of rotatable bonds is 8. The zero-order chi connectivity index (χ0) is 19.8. The third-order valence-corrected chi connectivity index (χ3v) is 3.64. The minimum atomic E-state index is -0.482. The summed E-state index contributed by atoms with van der Waals surface area (Å²) in [6.45, 7) is 9.18. The van der Waals surface area contributed by atoms with Crippen molar-refractivity contribution in [1.29, 1.82) is 0 Å². The number of hydrogen-bond donors (Lipinski definition) is 2. The lowest BCUT2D eigenvalue weighted by atomic mass is 10.1. The van der Waals surface area contributed by atoms with Gasteiger partial charge in [-0.3, -0.25) is 9.59 Å². The number of nitrogens with one attached hydrogen (secondary N) is 1. The van der Waals surface area contributed by atoms with Crippen molar-refractivity contribution < 1.29 is 14.3 Å². The molecule has 1 aromatic heterocycles. The summed E-state index contributed by atoms with van der Waals surface area (Å²) in [4.78, 5) is 23.1. The van der Waals surface area contributed by atoms with Crippen LogP contribution in [0.15, 0.2) is 67.3 Å². The van der Waals surface area contributed by atoms with Crippen LogP contribution in [0.2, 0.25) is 0 Å². The predicted octanol–water partition coefficient (Wildman–Crippen LogP) is 3.19. The van der Waals surface area contributed by atoms with Crippen LogP contribution >= 0.6 is 0 Å². The van der Waals surface area contributed by atoms with Gasteiger partial charge >= 0.3 is 0 Å². The molecule has 0 aliphatic carbocycles. The number of benzene rings is 1. The van der Waals surface area contributed by atoms with Gasteiger partial charge in [0.2, 0.25) is 0 Å². The van der Waals surface area contributed by atoms with Crippen LogP contribution < -0.4 is 15.8 Å². The van der Waals surface area contributed by atoms with Gasteiger partial charge in [-0.2, -0.15) is 0 Å². The summed E-state index contributed by atoms with van der Waals surface area (Å²) in [6.07, 6.45) is 5.38. The average molecular weight is 364 g/mol. The second-order valence-corrected chi connectivity index (χ2v) is 5.54. The molecule has 2 rings (SSSR count). The van der Waals surface area contributed by atoms with Crippen LogP contribution in [-0.2, 0) is 0 Å². The molecule has 2 aromatic rings. The molecule has 7 nitrogen and oxygen atoms in total. The molecule has 0 aliphatic heterocycles. The summed E-state index contributed by atoms with van der Waals surface area (Å²) >= 11 is 0. The van der Waals surface area contributed by atoms with Crippen LogP contribution in [0.5, 0.6) is 5.75 Å². The largest absolute Gasteiger partial charge is 0.482 e. The highest BCUT2D eigenvalue weighted by molar-refractivity contribution is 6.03. The maximum absolute atomic E-state index is 12.4. The number of carbonyl (C=O) groups excluding carboxylic acids is 2. The zero-order valence-electron chi connectivity index (χ0n) is 14.9. The molecule has 3 N–H and O–H groups in total. The monoisotopic (exact) mass is 364 g/mol. The molecule has 138 valence electrons. The SMILES string of the molecule is C=C/C=C(\C=C)[C@@H](C)Oc1cc(C(=O)Nc2ccc(C=O)cc2)nnc1N. The fourth-order valence-corrected chi connectivity index (χ4v) is 2.19. The Hall–Kier alpha value is -3.74. The van der Waals surface area contributed by atoms with Crippen molar-refractivity contribution in [3.05, 3.63) is 78.5 Å². The molecule has 1 amide bonds. The summed E-state index contributed by atoms with van der Waals surface area (Å²) in [6, 6.07) is 7.83. The van der Waals surface area contributed by atoms with Crippen LogP contribution in [-0.4, -0.2) is 28.5 Å². The number of aldehydes is 1. The fraction of sp³-hybridized carbons (Fsp3) is 0.100. The highest BCUT2D eigenvalue weighted by atomic mass is 16.5. The van der Waals surface area contributed by atoms with E-state index in [4.69, 9.17) is 10.5 Å². The first-order valence-corrected chi connectivity index (χ1v) is 8.10. The Labute approximate surface area is 157 Å². The Bertz CT molecular complexity index is 889. The molecule has 0 aliphatic rings. The van der Waals surface area contributed by atoms with E-state index in [9.17, 15) is 9.59 Å². The smallest absolute Gasteiger partial charge is 0.276 e. The number of nitrogens with two attached hydrogens (primary N) is 1. The van der Waals surface area contributed by atoms with Crippen LogP contribution in [0.3, 0.4) is 0 Å². The lowest BCUT2D eigenvalue weighted by Crippen LogP contribution is -2.18. The lowest BCUT2D eigenvalue weighted by molar-refractivity contribution is 0.102. The molecule has 0 radical (unpaired) electrons. The minimum absolute atomic E-state index is 0.0405. The quantitative estimate of drug-likeness (QED) is 0.550. The molecular weight excluding hydrogens is 344 g/mol. The number of nitrogen functional groups attached to an aromatic ring is 1. The Balaban J connectivity index is 2.18. The summed E-state index contributed by atoms with van der Waals surface area (Å²) in [5.41, 5.74) is 7.67. The second kappa shape index (κ2) is 9.10. The predicted molar refractivity (Wildman–Crippen MR) is 105 cm³/mol. The van der Waals surface area contributed by atoms with Crippen molar-refractivity contribution in [3.63, 3.8) is 0 Å². The maximum Gasteiger partial charge on any atom is 0.276 e. The van der Waals surface area contributed by atoms with E-state index in [1.165, 1.54) is 6.07 Å². The van der Waals surface area contributed by atoms with E-state index in [0.29, 0.717) is 11.3 Å². The van der Waals surface area contributed by atoms with E-state index < -0.39 is 5.91 Å². The molecule has 27 heavy (non-hydrogen) atoms. The van der Waals surface area contributed by atoms with Gasteiger partial charge in [-0.05, 0) is 36.8 Å². The number of anilines is 2. The second-order valence-electron chi connectivity index (χ2n) is 5.54. The Morgan fingerprint density at radius 1 is 1.26 bits per heavy atom. The summed E-state index contributed by atoms with van der Waals surface area (Å²) in [5.74, 6) is -0.184. The molecule has 0 fully saturated rings. The van der Waals surface area contributed by atoms with Crippen molar-refractivity contribution >= 4 is 23.7 Å². The van der Waals surface area contributed by atoms with Crippen LogP contribution in [0.1, 0.15) is 27.8 Å². The van der Waals surface area contributed by atoms with Gasteiger partial charge in [-0.1, -0.05) is 31.4 Å². The van der Waals surface area contributed by atoms with Crippen molar-refractivity contribution in [2.75, 3.05) is 11.1 Å². The van der Waals surface area contributed by atoms with Crippen molar-refractivity contribution in [1.82, 2.24) is 10.2 Å². The summed E-state index contributed by atoms with van der Waals surface area (Å²) in [5, 5.41) is 10.3. The standard InChI is InChI=1S/C20H20N4O3/c1-4-6-15(5-2)13(3)27-18-11-17(23-24-19(18)21)20(26)22-16-9-7-14(12-25)8-10-16/h4-13H,1-2H2,3H3,(H2,21,24)(H,22,26)/b15-6+/t13-/m1/s1. The van der Waals surface area contributed by atoms with Crippen molar-refractivity contribution in [3.8, 4) is 5.75 Å². The van der Waals surface area contributed by atoms with Gasteiger partial charge < -0.3 is 15.8 Å². The molecule has 0 saturated heterocycles. The number of aromatic nitrogens is 2. The normalized spacial score (nSPS) is 12.0. The molecular formula is C20H20N4O3. The van der Waals surface area contributed by atoms with Crippen LogP contribution in [0.25, 0.3) is 0 Å². The Kier molecular flexibility index (Phi) is 6.60. The topological polar surface area (TPSA) is 107 Å². The average Bonchev–Trinajstić information content (AvgIpc) is 2.68. The molecule has 0 unspecified atom stereocenters. The van der Waals surface area contributed by atoms with E-state index >= 15 is 0 Å². The van der Waals surface area contributed by atoms with E-state index in [-0.39, 0.29) is 23.4 Å². The number of nitrogens with zero attached hydrogens (tertiary/aromatic N) is 2. The minimum Gasteiger partial charge on any atom is -0.482 e. The van der Waals surface area contributed by atoms with E-state index in [2.05, 4.69) is 28.7 Å². The highest BCUT2D eigenvalue weighted by Gasteiger charge is 2.16. The Morgan fingerprint density at radius 3 is 2.56 bits per heavy atom. The summed E-state index contributed by atoms with van der Waals surface area (Å²) < 4.78 is 5.79. The lowest BCUT2D eigenvalue weighted by Gasteiger charge is -2.16. The van der Waals surface area contributed by atoms with Crippen molar-refractivity contribution in [2.24, 2.45) is 0 Å². The van der Waals surface area contributed by atoms with E-state index in [0.717, 1.165) is 11.9 Å². The molecule has 7 heteroatoms. The van der Waals surface area contributed by atoms with Gasteiger partial charge in [-0.25, -0.2) is 0 Å². The van der Waals surface area contributed by atoms with E-state index in [1.807, 2.05) is 6.92 Å². The summed E-state index contributed by atoms with van der Waals surface area (Å²) in [7, 11) is 0.